The molecule has 0 fully saturated rings. The Hall–Kier alpha value is -1.59. The molecule has 0 radical (unpaired) electrons. The molecule has 0 heterocycles. The summed E-state index contributed by atoms with van der Waals surface area (Å²) in [6, 6.07) is 8.81. The first kappa shape index (κ1) is 14.8. The minimum Gasteiger partial charge on any atom is -0.495 e. The van der Waals surface area contributed by atoms with Crippen molar-refractivity contribution in [1.29, 1.82) is 0 Å². The minimum absolute atomic E-state index is 0.0523. The maximum Gasteiger partial charge on any atom is 0.257 e. The van der Waals surface area contributed by atoms with Crippen LogP contribution in [0.5, 0.6) is 5.75 Å². The zero-order valence-electron chi connectivity index (χ0n) is 10.4. The lowest BCUT2D eigenvalue weighted by Gasteiger charge is -2.11. The van der Waals surface area contributed by atoms with Gasteiger partial charge in [-0.2, -0.15) is 0 Å². The summed E-state index contributed by atoms with van der Waals surface area (Å²) in [5.41, 5.74) is 0.683. The molecule has 0 aromatic heterocycles. The van der Waals surface area contributed by atoms with E-state index in [0.717, 1.165) is 10.5 Å². The molecule has 2 aromatic carbocycles. The first-order valence-corrected chi connectivity index (χ1v) is 6.78. The molecule has 1 amide bonds. The van der Waals surface area contributed by atoms with E-state index in [0.29, 0.717) is 11.4 Å². The van der Waals surface area contributed by atoms with E-state index in [-0.39, 0.29) is 10.6 Å². The Labute approximate surface area is 128 Å². The minimum atomic E-state index is -0.494. The predicted octanol–water partition coefficient (Wildman–Crippen LogP) is 4.50. The third-order valence-corrected chi connectivity index (χ3v) is 3.39. The molecule has 0 saturated carbocycles. The van der Waals surface area contributed by atoms with E-state index in [4.69, 9.17) is 16.3 Å². The fraction of sp³-hybridized carbons (Fsp3) is 0.0714. The number of hydrogen-bond acceptors (Lipinski definition) is 2. The summed E-state index contributed by atoms with van der Waals surface area (Å²) in [5, 5.41) is 2.73. The second-order valence-corrected chi connectivity index (χ2v) is 5.25. The molecule has 0 aliphatic heterocycles. The highest BCUT2D eigenvalue weighted by molar-refractivity contribution is 9.10. The number of amides is 1. The van der Waals surface area contributed by atoms with Crippen LogP contribution in [0.25, 0.3) is 0 Å². The molecule has 6 heteroatoms. The number of ether oxygens (including phenoxy) is 1. The molecule has 0 aliphatic rings. The molecule has 2 aromatic rings. The third-order valence-electron chi connectivity index (χ3n) is 2.59. The number of hydrogen-bond donors (Lipinski definition) is 1. The van der Waals surface area contributed by atoms with Gasteiger partial charge in [0.25, 0.3) is 5.91 Å². The van der Waals surface area contributed by atoms with Crippen molar-refractivity contribution in [1.82, 2.24) is 0 Å². The molecule has 0 atom stereocenters. The van der Waals surface area contributed by atoms with Crippen LogP contribution in [0.3, 0.4) is 0 Å². The lowest BCUT2D eigenvalue weighted by molar-refractivity contribution is 0.102. The van der Waals surface area contributed by atoms with Crippen molar-refractivity contribution in [2.75, 3.05) is 12.4 Å². The molecule has 104 valence electrons. The molecule has 3 nitrogen and oxygen atoms in total. The second-order valence-electron chi connectivity index (χ2n) is 3.92. The van der Waals surface area contributed by atoms with Crippen molar-refractivity contribution in [2.24, 2.45) is 0 Å². The normalized spacial score (nSPS) is 10.2. The van der Waals surface area contributed by atoms with Crippen molar-refractivity contribution in [3.8, 4) is 5.75 Å². The molecule has 1 N–H and O–H groups in total. The van der Waals surface area contributed by atoms with E-state index in [1.807, 2.05) is 0 Å². The molecular formula is C14H10BrClFNO2. The van der Waals surface area contributed by atoms with E-state index in [2.05, 4.69) is 21.2 Å². The van der Waals surface area contributed by atoms with Gasteiger partial charge in [0, 0.05) is 4.47 Å². The summed E-state index contributed by atoms with van der Waals surface area (Å²) in [6.45, 7) is 0. The lowest BCUT2D eigenvalue weighted by Crippen LogP contribution is -2.13. The first-order valence-electron chi connectivity index (χ1n) is 5.61. The quantitative estimate of drug-likeness (QED) is 0.877. The summed E-state index contributed by atoms with van der Waals surface area (Å²) < 4.78 is 18.9. The van der Waals surface area contributed by atoms with Gasteiger partial charge >= 0.3 is 0 Å². The van der Waals surface area contributed by atoms with E-state index >= 15 is 0 Å². The van der Waals surface area contributed by atoms with Crippen molar-refractivity contribution in [3.63, 3.8) is 0 Å². The highest BCUT2D eigenvalue weighted by Crippen LogP contribution is 2.29. The van der Waals surface area contributed by atoms with Crippen LogP contribution in [0.15, 0.2) is 40.9 Å². The maximum absolute atomic E-state index is 13.0. The van der Waals surface area contributed by atoms with Crippen LogP contribution >= 0.6 is 27.5 Å². The molecular weight excluding hydrogens is 349 g/mol. The Morgan fingerprint density at radius 1 is 1.30 bits per heavy atom. The predicted molar refractivity (Wildman–Crippen MR) is 80.1 cm³/mol. The highest BCUT2D eigenvalue weighted by atomic mass is 79.9. The number of carbonyl (C=O) groups excluding carboxylic acids is 1. The van der Waals surface area contributed by atoms with Crippen LogP contribution < -0.4 is 10.1 Å². The average Bonchev–Trinajstić information content (AvgIpc) is 2.38. The van der Waals surface area contributed by atoms with Gasteiger partial charge in [0.15, 0.2) is 0 Å². The topological polar surface area (TPSA) is 38.3 Å². The average molecular weight is 359 g/mol. The second kappa shape index (κ2) is 6.24. The summed E-state index contributed by atoms with van der Waals surface area (Å²) in [4.78, 5) is 12.1. The van der Waals surface area contributed by atoms with Crippen molar-refractivity contribution in [3.05, 3.63) is 57.3 Å². The van der Waals surface area contributed by atoms with Crippen LogP contribution in [-0.4, -0.2) is 13.0 Å². The SMILES string of the molecule is COc1ccc(Br)cc1NC(=O)c1ccc(F)cc1Cl. The summed E-state index contributed by atoms with van der Waals surface area (Å²) in [7, 11) is 1.50. The van der Waals surface area contributed by atoms with Crippen LogP contribution in [0.2, 0.25) is 5.02 Å². The fourth-order valence-corrected chi connectivity index (χ4v) is 2.26. The number of halogens is 3. The Bertz CT molecular complexity index is 664. The number of rotatable bonds is 3. The first-order chi connectivity index (χ1) is 9.51. The van der Waals surface area contributed by atoms with Crippen LogP contribution in [-0.2, 0) is 0 Å². The molecule has 2 rings (SSSR count). The van der Waals surface area contributed by atoms with E-state index < -0.39 is 11.7 Å². The molecule has 0 aliphatic carbocycles. The van der Waals surface area contributed by atoms with Crippen molar-refractivity contribution >= 4 is 39.1 Å². The van der Waals surface area contributed by atoms with Gasteiger partial charge in [-0.3, -0.25) is 4.79 Å². The van der Waals surface area contributed by atoms with Gasteiger partial charge in [0.1, 0.15) is 11.6 Å². The van der Waals surface area contributed by atoms with Crippen molar-refractivity contribution < 1.29 is 13.9 Å². The zero-order valence-corrected chi connectivity index (χ0v) is 12.8. The van der Waals surface area contributed by atoms with Gasteiger partial charge < -0.3 is 10.1 Å². The Kier molecular flexibility index (Phi) is 4.62. The van der Waals surface area contributed by atoms with Gasteiger partial charge in [-0.05, 0) is 36.4 Å². The van der Waals surface area contributed by atoms with E-state index in [9.17, 15) is 9.18 Å². The number of nitrogens with one attached hydrogen (secondary N) is 1. The molecule has 20 heavy (non-hydrogen) atoms. The Morgan fingerprint density at radius 3 is 2.70 bits per heavy atom. The van der Waals surface area contributed by atoms with Gasteiger partial charge in [-0.25, -0.2) is 4.39 Å². The van der Waals surface area contributed by atoms with Crippen molar-refractivity contribution in [2.45, 2.75) is 0 Å². The standard InChI is InChI=1S/C14H10BrClFNO2/c1-20-13-5-2-8(15)6-12(13)18-14(19)10-4-3-9(17)7-11(10)16/h2-7H,1H3,(H,18,19). The highest BCUT2D eigenvalue weighted by Gasteiger charge is 2.13. The number of benzene rings is 2. The van der Waals surface area contributed by atoms with Gasteiger partial charge in [-0.15, -0.1) is 0 Å². The Balaban J connectivity index is 2.30. The molecule has 0 saturated heterocycles. The van der Waals surface area contributed by atoms with Crippen LogP contribution in [0.4, 0.5) is 10.1 Å². The smallest absolute Gasteiger partial charge is 0.257 e. The monoisotopic (exact) mass is 357 g/mol. The third kappa shape index (κ3) is 3.29. The van der Waals surface area contributed by atoms with Gasteiger partial charge in [0.2, 0.25) is 0 Å². The van der Waals surface area contributed by atoms with Crippen LogP contribution in [0, 0.1) is 5.82 Å². The van der Waals surface area contributed by atoms with Crippen LogP contribution in [0.1, 0.15) is 10.4 Å². The summed E-state index contributed by atoms with van der Waals surface area (Å²) in [6.07, 6.45) is 0. The van der Waals surface area contributed by atoms with E-state index in [1.165, 1.54) is 19.2 Å². The Morgan fingerprint density at radius 2 is 2.05 bits per heavy atom. The number of methoxy groups -OCH3 is 1. The number of carbonyl (C=O) groups is 1. The molecule has 0 bridgehead atoms. The molecule has 0 spiro atoms. The molecule has 0 unspecified atom stereocenters. The maximum atomic E-state index is 13.0. The van der Waals surface area contributed by atoms with Gasteiger partial charge in [-0.1, -0.05) is 27.5 Å². The fourth-order valence-electron chi connectivity index (χ4n) is 1.64. The number of anilines is 1. The largest absolute Gasteiger partial charge is 0.495 e. The zero-order chi connectivity index (χ0) is 14.7. The summed E-state index contributed by atoms with van der Waals surface area (Å²) >= 11 is 9.17. The summed E-state index contributed by atoms with van der Waals surface area (Å²) in [5.74, 6) is -0.419. The van der Waals surface area contributed by atoms with Gasteiger partial charge in [0.05, 0.1) is 23.4 Å². The van der Waals surface area contributed by atoms with E-state index in [1.54, 1.807) is 18.2 Å². The lowest BCUT2D eigenvalue weighted by atomic mass is 10.2.